The number of benzene rings is 1. The first-order chi connectivity index (χ1) is 9.45. The van der Waals surface area contributed by atoms with Crippen LogP contribution < -0.4 is 0 Å². The standard InChI is InChI=1S/C15H18BrNO3/c1-11(2)17(10-15(19)20-3)14(18)9-8-12-6-4-5-7-13(12)16/h4-9,11H,10H2,1-3H3/b9-8+. The summed E-state index contributed by atoms with van der Waals surface area (Å²) in [5.74, 6) is -0.650. The molecule has 0 atom stereocenters. The summed E-state index contributed by atoms with van der Waals surface area (Å²) < 4.78 is 5.51. The number of hydrogen-bond donors (Lipinski definition) is 0. The van der Waals surface area contributed by atoms with Crippen molar-refractivity contribution in [2.45, 2.75) is 19.9 Å². The summed E-state index contributed by atoms with van der Waals surface area (Å²) in [5.41, 5.74) is 0.905. The van der Waals surface area contributed by atoms with E-state index in [9.17, 15) is 9.59 Å². The molecule has 0 aliphatic carbocycles. The van der Waals surface area contributed by atoms with Crippen molar-refractivity contribution >= 4 is 33.9 Å². The molecule has 0 saturated heterocycles. The Bertz CT molecular complexity index is 512. The van der Waals surface area contributed by atoms with Gasteiger partial charge in [0.25, 0.3) is 0 Å². The fraction of sp³-hybridized carbons (Fsp3) is 0.333. The van der Waals surface area contributed by atoms with Gasteiger partial charge in [-0.1, -0.05) is 34.1 Å². The van der Waals surface area contributed by atoms with Gasteiger partial charge < -0.3 is 9.64 Å². The molecule has 20 heavy (non-hydrogen) atoms. The van der Waals surface area contributed by atoms with Crippen molar-refractivity contribution in [3.05, 3.63) is 40.4 Å². The van der Waals surface area contributed by atoms with Crippen molar-refractivity contribution in [1.29, 1.82) is 0 Å². The lowest BCUT2D eigenvalue weighted by Crippen LogP contribution is -2.40. The van der Waals surface area contributed by atoms with E-state index in [1.54, 1.807) is 6.08 Å². The van der Waals surface area contributed by atoms with E-state index in [1.807, 2.05) is 38.1 Å². The van der Waals surface area contributed by atoms with Crippen molar-refractivity contribution in [3.8, 4) is 0 Å². The third-order valence-corrected chi connectivity index (χ3v) is 3.47. The average molecular weight is 340 g/mol. The molecule has 0 bridgehead atoms. The second-order valence-corrected chi connectivity index (χ2v) is 5.35. The molecule has 5 heteroatoms. The number of hydrogen-bond acceptors (Lipinski definition) is 3. The highest BCUT2D eigenvalue weighted by molar-refractivity contribution is 9.10. The van der Waals surface area contributed by atoms with E-state index in [0.29, 0.717) is 0 Å². The van der Waals surface area contributed by atoms with Gasteiger partial charge >= 0.3 is 5.97 Å². The summed E-state index contributed by atoms with van der Waals surface area (Å²) >= 11 is 3.41. The summed E-state index contributed by atoms with van der Waals surface area (Å²) in [7, 11) is 1.31. The summed E-state index contributed by atoms with van der Waals surface area (Å²) in [6, 6.07) is 7.52. The number of esters is 1. The quantitative estimate of drug-likeness (QED) is 0.612. The predicted octanol–water partition coefficient (Wildman–Crippen LogP) is 2.87. The average Bonchev–Trinajstić information content (AvgIpc) is 2.42. The molecule has 0 fully saturated rings. The van der Waals surface area contributed by atoms with Crippen LogP contribution in [-0.4, -0.2) is 36.5 Å². The first kappa shape index (κ1) is 16.4. The Hall–Kier alpha value is -1.62. The first-order valence-electron chi connectivity index (χ1n) is 6.25. The van der Waals surface area contributed by atoms with E-state index in [1.165, 1.54) is 18.1 Å². The topological polar surface area (TPSA) is 46.6 Å². The van der Waals surface area contributed by atoms with Gasteiger partial charge in [0, 0.05) is 16.6 Å². The first-order valence-corrected chi connectivity index (χ1v) is 7.05. The maximum absolute atomic E-state index is 12.1. The number of ether oxygens (including phenoxy) is 1. The Morgan fingerprint density at radius 2 is 2.00 bits per heavy atom. The van der Waals surface area contributed by atoms with E-state index in [2.05, 4.69) is 20.7 Å². The number of amides is 1. The van der Waals surface area contributed by atoms with Crippen molar-refractivity contribution in [2.24, 2.45) is 0 Å². The van der Waals surface area contributed by atoms with Crippen LogP contribution >= 0.6 is 15.9 Å². The van der Waals surface area contributed by atoms with Crippen molar-refractivity contribution in [2.75, 3.05) is 13.7 Å². The predicted molar refractivity (Wildman–Crippen MR) is 82.0 cm³/mol. The second-order valence-electron chi connectivity index (χ2n) is 4.49. The van der Waals surface area contributed by atoms with E-state index >= 15 is 0 Å². The van der Waals surface area contributed by atoms with E-state index in [4.69, 9.17) is 0 Å². The minimum absolute atomic E-state index is 0.0483. The molecule has 0 N–H and O–H groups in total. The lowest BCUT2D eigenvalue weighted by atomic mass is 10.2. The molecular weight excluding hydrogens is 322 g/mol. The van der Waals surface area contributed by atoms with E-state index in [0.717, 1.165) is 10.0 Å². The molecule has 0 aliphatic rings. The molecule has 0 unspecified atom stereocenters. The maximum atomic E-state index is 12.1. The largest absolute Gasteiger partial charge is 0.468 e. The van der Waals surface area contributed by atoms with Crippen LogP contribution in [0.15, 0.2) is 34.8 Å². The van der Waals surface area contributed by atoms with E-state index in [-0.39, 0.29) is 18.5 Å². The maximum Gasteiger partial charge on any atom is 0.325 e. The van der Waals surface area contributed by atoms with E-state index < -0.39 is 5.97 Å². The number of halogens is 1. The smallest absolute Gasteiger partial charge is 0.325 e. The lowest BCUT2D eigenvalue weighted by Gasteiger charge is -2.24. The SMILES string of the molecule is COC(=O)CN(C(=O)/C=C/c1ccccc1Br)C(C)C. The number of carbonyl (C=O) groups excluding carboxylic acids is 2. The van der Waals surface area contributed by atoms with Crippen LogP contribution in [0.1, 0.15) is 19.4 Å². The van der Waals surface area contributed by atoms with Crippen LogP contribution in [0.2, 0.25) is 0 Å². The Kier molecular flexibility index (Phi) is 6.45. The van der Waals surface area contributed by atoms with Crippen molar-refractivity contribution in [1.82, 2.24) is 4.90 Å². The highest BCUT2D eigenvalue weighted by atomic mass is 79.9. The molecule has 0 spiro atoms. The minimum atomic E-state index is -0.429. The number of carbonyl (C=O) groups is 2. The van der Waals surface area contributed by atoms with Crippen LogP contribution in [0.25, 0.3) is 6.08 Å². The van der Waals surface area contributed by atoms with Crippen LogP contribution in [0.5, 0.6) is 0 Å². The number of methoxy groups -OCH3 is 1. The van der Waals surface area contributed by atoms with Gasteiger partial charge in [-0.05, 0) is 31.6 Å². The van der Waals surface area contributed by atoms with Crippen LogP contribution in [0, 0.1) is 0 Å². The molecule has 0 aromatic heterocycles. The molecule has 1 aromatic rings. The zero-order chi connectivity index (χ0) is 15.1. The molecule has 0 saturated carbocycles. The lowest BCUT2D eigenvalue weighted by molar-refractivity contribution is -0.146. The molecule has 1 amide bonds. The molecular formula is C15H18BrNO3. The third-order valence-electron chi connectivity index (χ3n) is 2.74. The number of nitrogens with zero attached hydrogens (tertiary/aromatic N) is 1. The molecule has 0 heterocycles. The summed E-state index contributed by atoms with van der Waals surface area (Å²) in [6.07, 6.45) is 3.18. The molecule has 108 valence electrons. The fourth-order valence-corrected chi connectivity index (χ4v) is 2.00. The van der Waals surface area contributed by atoms with Crippen LogP contribution in [0.3, 0.4) is 0 Å². The second kappa shape index (κ2) is 7.85. The minimum Gasteiger partial charge on any atom is -0.468 e. The van der Waals surface area contributed by atoms with Gasteiger partial charge in [0.15, 0.2) is 0 Å². The van der Waals surface area contributed by atoms with Crippen LogP contribution in [-0.2, 0) is 14.3 Å². The number of rotatable bonds is 5. The fourth-order valence-electron chi connectivity index (χ4n) is 1.59. The Balaban J connectivity index is 2.81. The normalized spacial score (nSPS) is 10.8. The monoisotopic (exact) mass is 339 g/mol. The highest BCUT2D eigenvalue weighted by Gasteiger charge is 2.18. The van der Waals surface area contributed by atoms with Gasteiger partial charge in [0.2, 0.25) is 5.91 Å². The molecule has 4 nitrogen and oxygen atoms in total. The molecule has 0 radical (unpaired) electrons. The van der Waals surface area contributed by atoms with Gasteiger partial charge in [0.1, 0.15) is 6.54 Å². The van der Waals surface area contributed by atoms with Crippen LogP contribution in [0.4, 0.5) is 0 Å². The Labute approximate surface area is 127 Å². The summed E-state index contributed by atoms with van der Waals surface area (Å²) in [5, 5.41) is 0. The Morgan fingerprint density at radius 3 is 2.55 bits per heavy atom. The third kappa shape index (κ3) is 4.81. The van der Waals surface area contributed by atoms with Gasteiger partial charge in [-0.25, -0.2) is 0 Å². The molecule has 1 aromatic carbocycles. The van der Waals surface area contributed by atoms with Gasteiger partial charge in [-0.2, -0.15) is 0 Å². The molecule has 1 rings (SSSR count). The molecule has 0 aliphatic heterocycles. The van der Waals surface area contributed by atoms with Gasteiger partial charge in [-0.15, -0.1) is 0 Å². The van der Waals surface area contributed by atoms with Crippen molar-refractivity contribution in [3.63, 3.8) is 0 Å². The van der Waals surface area contributed by atoms with Gasteiger partial charge in [0.05, 0.1) is 7.11 Å². The summed E-state index contributed by atoms with van der Waals surface area (Å²) in [4.78, 5) is 24.9. The van der Waals surface area contributed by atoms with Crippen molar-refractivity contribution < 1.29 is 14.3 Å². The zero-order valence-electron chi connectivity index (χ0n) is 11.8. The summed E-state index contributed by atoms with van der Waals surface area (Å²) in [6.45, 7) is 3.66. The highest BCUT2D eigenvalue weighted by Crippen LogP contribution is 2.17. The van der Waals surface area contributed by atoms with Gasteiger partial charge in [-0.3, -0.25) is 9.59 Å². The zero-order valence-corrected chi connectivity index (χ0v) is 13.4. The Morgan fingerprint density at radius 1 is 1.35 bits per heavy atom.